The first-order valence-corrected chi connectivity index (χ1v) is 12.3. The third kappa shape index (κ3) is 6.19. The van der Waals surface area contributed by atoms with Crippen LogP contribution in [0.2, 0.25) is 0 Å². The normalized spacial score (nSPS) is 18.8. The van der Waals surface area contributed by atoms with E-state index in [1.54, 1.807) is 11.0 Å². The quantitative estimate of drug-likeness (QED) is 0.803. The van der Waals surface area contributed by atoms with Gasteiger partial charge in [-0.3, -0.25) is 0 Å². The summed E-state index contributed by atoms with van der Waals surface area (Å²) in [6, 6.07) is 5.60. The molecule has 0 radical (unpaired) electrons. The molecule has 1 fully saturated rings. The molecule has 1 amide bonds. The smallest absolute Gasteiger partial charge is 0.410 e. The third-order valence-corrected chi connectivity index (χ3v) is 7.46. The highest BCUT2D eigenvalue weighted by atomic mass is 32.2. The van der Waals surface area contributed by atoms with Gasteiger partial charge in [0.1, 0.15) is 5.60 Å². The van der Waals surface area contributed by atoms with Crippen molar-refractivity contribution in [3.8, 4) is 0 Å². The number of ether oxygens (including phenoxy) is 1. The second-order valence-corrected chi connectivity index (χ2v) is 11.3. The van der Waals surface area contributed by atoms with Crippen LogP contribution in [0.15, 0.2) is 23.1 Å². The number of amides is 1. The number of likely N-dealkylation sites (tertiary alicyclic amines) is 1. The van der Waals surface area contributed by atoms with Gasteiger partial charge in [-0.05, 0) is 88.6 Å². The summed E-state index contributed by atoms with van der Waals surface area (Å²) in [7, 11) is -3.29. The van der Waals surface area contributed by atoms with Crippen molar-refractivity contribution in [1.82, 2.24) is 10.2 Å². The van der Waals surface area contributed by atoms with Crippen LogP contribution < -0.4 is 5.32 Å². The largest absolute Gasteiger partial charge is 0.444 e. The second-order valence-electron chi connectivity index (χ2n) is 9.23. The summed E-state index contributed by atoms with van der Waals surface area (Å²) in [5, 5.41) is 3.36. The number of aryl methyl sites for hydroxylation is 1. The molecule has 1 N–H and O–H groups in total. The lowest BCUT2D eigenvalue weighted by Crippen LogP contribution is -2.41. The van der Waals surface area contributed by atoms with Crippen LogP contribution in [0.1, 0.15) is 57.6 Å². The molecule has 1 aromatic carbocycles. The van der Waals surface area contributed by atoms with Gasteiger partial charge in [0.05, 0.1) is 10.6 Å². The fourth-order valence-corrected chi connectivity index (χ4v) is 5.48. The van der Waals surface area contributed by atoms with E-state index >= 15 is 0 Å². The second kappa shape index (κ2) is 9.04. The van der Waals surface area contributed by atoms with Gasteiger partial charge in [0, 0.05) is 19.6 Å². The van der Waals surface area contributed by atoms with E-state index in [0.29, 0.717) is 30.3 Å². The van der Waals surface area contributed by atoms with Crippen molar-refractivity contribution in [2.24, 2.45) is 5.92 Å². The molecule has 1 saturated heterocycles. The lowest BCUT2D eigenvalue weighted by atomic mass is 9.95. The first-order chi connectivity index (χ1) is 13.6. The molecule has 7 heteroatoms. The average Bonchev–Trinajstić information content (AvgIpc) is 2.90. The van der Waals surface area contributed by atoms with Crippen molar-refractivity contribution in [3.63, 3.8) is 0 Å². The minimum Gasteiger partial charge on any atom is -0.444 e. The Labute approximate surface area is 174 Å². The number of fused-ring (bicyclic) bond motifs is 1. The number of piperidine rings is 1. The van der Waals surface area contributed by atoms with Gasteiger partial charge in [0.25, 0.3) is 0 Å². The van der Waals surface area contributed by atoms with E-state index in [-0.39, 0.29) is 11.8 Å². The third-order valence-electron chi connectivity index (χ3n) is 5.71. The molecule has 2 aliphatic rings. The standard InChI is InChI=1S/C22H34N2O4S/c1-22(2,3)28-21(25)24-12-8-17(9-13-24)10-14-29(26,27)20-7-6-18-5-4-11-23-16-19(18)15-20/h6-7,15,17,23H,4-5,8-14,16H2,1-3H3. The predicted molar refractivity (Wildman–Crippen MR) is 114 cm³/mol. The monoisotopic (exact) mass is 422 g/mol. The van der Waals surface area contributed by atoms with Gasteiger partial charge in [-0.25, -0.2) is 13.2 Å². The lowest BCUT2D eigenvalue weighted by Gasteiger charge is -2.33. The zero-order valence-electron chi connectivity index (χ0n) is 17.9. The zero-order valence-corrected chi connectivity index (χ0v) is 18.7. The average molecular weight is 423 g/mol. The molecule has 0 atom stereocenters. The fraction of sp³-hybridized carbons (Fsp3) is 0.682. The summed E-state index contributed by atoms with van der Waals surface area (Å²) < 4.78 is 31.2. The Morgan fingerprint density at radius 2 is 1.93 bits per heavy atom. The number of rotatable bonds is 4. The number of nitrogens with one attached hydrogen (secondary N) is 1. The van der Waals surface area contributed by atoms with Crippen molar-refractivity contribution < 1.29 is 17.9 Å². The van der Waals surface area contributed by atoms with Crippen LogP contribution >= 0.6 is 0 Å². The molecule has 0 bridgehead atoms. The molecule has 6 nitrogen and oxygen atoms in total. The fourth-order valence-electron chi connectivity index (χ4n) is 4.00. The summed E-state index contributed by atoms with van der Waals surface area (Å²) in [4.78, 5) is 14.3. The number of benzene rings is 1. The summed E-state index contributed by atoms with van der Waals surface area (Å²) in [6.45, 7) is 8.55. The highest BCUT2D eigenvalue weighted by Gasteiger charge is 2.28. The van der Waals surface area contributed by atoms with Gasteiger partial charge in [-0.1, -0.05) is 6.07 Å². The molecule has 162 valence electrons. The highest BCUT2D eigenvalue weighted by Crippen LogP contribution is 2.25. The molecule has 0 unspecified atom stereocenters. The van der Waals surface area contributed by atoms with E-state index in [1.807, 2.05) is 32.9 Å². The van der Waals surface area contributed by atoms with Crippen molar-refractivity contribution in [2.45, 2.75) is 69.9 Å². The summed E-state index contributed by atoms with van der Waals surface area (Å²) in [5.74, 6) is 0.488. The molecule has 0 aromatic heterocycles. The van der Waals surface area contributed by atoms with Crippen LogP contribution in [-0.2, 0) is 27.5 Å². The Balaban J connectivity index is 1.53. The van der Waals surface area contributed by atoms with Crippen molar-refractivity contribution in [2.75, 3.05) is 25.4 Å². The van der Waals surface area contributed by atoms with E-state index in [2.05, 4.69) is 5.32 Å². The Morgan fingerprint density at radius 3 is 2.62 bits per heavy atom. The predicted octanol–water partition coefficient (Wildman–Crippen LogP) is 3.53. The minimum absolute atomic E-state index is 0.163. The first kappa shape index (κ1) is 22.1. The zero-order chi connectivity index (χ0) is 21.1. The van der Waals surface area contributed by atoms with Crippen LogP contribution in [0.3, 0.4) is 0 Å². The molecule has 1 aromatic rings. The molecular formula is C22H34N2O4S. The molecular weight excluding hydrogens is 388 g/mol. The van der Waals surface area contributed by atoms with Gasteiger partial charge < -0.3 is 15.0 Å². The van der Waals surface area contributed by atoms with E-state index in [1.165, 1.54) is 5.56 Å². The van der Waals surface area contributed by atoms with Crippen molar-refractivity contribution >= 4 is 15.9 Å². The number of sulfone groups is 1. The van der Waals surface area contributed by atoms with Crippen LogP contribution in [-0.4, -0.2) is 50.4 Å². The van der Waals surface area contributed by atoms with Gasteiger partial charge >= 0.3 is 6.09 Å². The molecule has 0 saturated carbocycles. The maximum absolute atomic E-state index is 12.9. The number of carbonyl (C=O) groups is 1. The summed E-state index contributed by atoms with van der Waals surface area (Å²) in [5.41, 5.74) is 1.86. The maximum Gasteiger partial charge on any atom is 0.410 e. The Morgan fingerprint density at radius 1 is 1.21 bits per heavy atom. The molecule has 0 aliphatic carbocycles. The number of carbonyl (C=O) groups excluding carboxylic acids is 1. The van der Waals surface area contributed by atoms with Crippen molar-refractivity contribution in [3.05, 3.63) is 29.3 Å². The minimum atomic E-state index is -3.29. The van der Waals surface area contributed by atoms with Crippen LogP contribution in [0.25, 0.3) is 0 Å². The van der Waals surface area contributed by atoms with E-state index in [4.69, 9.17) is 4.74 Å². The Kier molecular flexibility index (Phi) is 6.89. The van der Waals surface area contributed by atoms with Crippen molar-refractivity contribution in [1.29, 1.82) is 0 Å². The molecule has 29 heavy (non-hydrogen) atoms. The van der Waals surface area contributed by atoms with Crippen LogP contribution in [0.5, 0.6) is 0 Å². The van der Waals surface area contributed by atoms with Gasteiger partial charge in [0.15, 0.2) is 9.84 Å². The Bertz CT molecular complexity index is 822. The number of nitrogens with zero attached hydrogens (tertiary/aromatic N) is 1. The van der Waals surface area contributed by atoms with Gasteiger partial charge in [-0.2, -0.15) is 0 Å². The van der Waals surface area contributed by atoms with Gasteiger partial charge in [-0.15, -0.1) is 0 Å². The number of hydrogen-bond acceptors (Lipinski definition) is 5. The van der Waals surface area contributed by atoms with E-state index in [0.717, 1.165) is 44.3 Å². The molecule has 3 rings (SSSR count). The SMILES string of the molecule is CC(C)(C)OC(=O)N1CCC(CCS(=O)(=O)c2ccc3c(c2)CNCCC3)CC1. The number of hydrogen-bond donors (Lipinski definition) is 1. The molecule has 0 spiro atoms. The first-order valence-electron chi connectivity index (χ1n) is 10.7. The maximum atomic E-state index is 12.9. The molecule has 2 aliphatic heterocycles. The van der Waals surface area contributed by atoms with Crippen LogP contribution in [0, 0.1) is 5.92 Å². The summed E-state index contributed by atoms with van der Waals surface area (Å²) >= 11 is 0. The van der Waals surface area contributed by atoms with E-state index in [9.17, 15) is 13.2 Å². The topological polar surface area (TPSA) is 75.7 Å². The van der Waals surface area contributed by atoms with E-state index < -0.39 is 15.4 Å². The van der Waals surface area contributed by atoms with Gasteiger partial charge in [0.2, 0.25) is 0 Å². The molecule has 2 heterocycles. The Hall–Kier alpha value is -1.60. The van der Waals surface area contributed by atoms with Crippen LogP contribution in [0.4, 0.5) is 4.79 Å². The summed E-state index contributed by atoms with van der Waals surface area (Å²) in [6.07, 6.45) is 4.09. The lowest BCUT2D eigenvalue weighted by molar-refractivity contribution is 0.0183. The highest BCUT2D eigenvalue weighted by molar-refractivity contribution is 7.91.